The lowest BCUT2D eigenvalue weighted by molar-refractivity contribution is -0.688. The summed E-state index contributed by atoms with van der Waals surface area (Å²) in [6, 6.07) is 2.70. The standard InChI is InChI=1S/C22H21N9O5S3/c1-36-29-13(12-9-39-21(23)24-12)17(32)25-14-18(33)31-15(20(34)35)11(8-38-19(14)31)7-30-5-3-4-10(6-30)16-26-22(37-2)28-27-16/h3-6,9,14,19H,7-8H2,1-2H3,(H4-,23,24,25,26,27,28,32,34,35)/b29-13+/t14-,19-/m1/s1. The molecule has 0 radical (unpaired) electrons. The van der Waals surface area contributed by atoms with Crippen LogP contribution in [0, 0.1) is 0 Å². The molecule has 2 aliphatic heterocycles. The number of aliphatic carboxylic acids is 1. The summed E-state index contributed by atoms with van der Waals surface area (Å²) in [7, 11) is 1.27. The molecule has 2 atom stereocenters. The quantitative estimate of drug-likeness (QED) is 0.0911. The molecular formula is C22H21N9O5S3. The minimum Gasteiger partial charge on any atom is -0.543 e. The molecule has 0 unspecified atom stereocenters. The summed E-state index contributed by atoms with van der Waals surface area (Å²) in [5, 5.41) is 27.3. The van der Waals surface area contributed by atoms with Crippen LogP contribution in [0.4, 0.5) is 5.13 Å². The molecule has 0 aliphatic carbocycles. The first-order valence-corrected chi connectivity index (χ1v) is 14.4. The molecule has 0 bridgehead atoms. The number of nitrogen functional groups attached to an aromatic ring is 1. The average molecular weight is 588 g/mol. The van der Waals surface area contributed by atoms with Crippen LogP contribution in [0.15, 0.2) is 51.5 Å². The number of hydrogen-bond donors (Lipinski definition) is 3. The van der Waals surface area contributed by atoms with Gasteiger partial charge in [0, 0.05) is 22.8 Å². The van der Waals surface area contributed by atoms with Gasteiger partial charge in [-0.3, -0.25) is 19.6 Å². The van der Waals surface area contributed by atoms with Gasteiger partial charge in [-0.05, 0) is 12.3 Å². The third-order valence-corrected chi connectivity index (χ3v) is 8.40. The molecule has 3 aromatic heterocycles. The summed E-state index contributed by atoms with van der Waals surface area (Å²) in [6.45, 7) is 0.205. The van der Waals surface area contributed by atoms with Gasteiger partial charge in [0.25, 0.3) is 11.8 Å². The van der Waals surface area contributed by atoms with Crippen molar-refractivity contribution < 1.29 is 28.9 Å². The number of nitrogens with two attached hydrogens (primary N) is 1. The fourth-order valence-corrected chi connectivity index (χ4v) is 6.35. The van der Waals surface area contributed by atoms with E-state index in [0.29, 0.717) is 22.3 Å². The maximum absolute atomic E-state index is 13.1. The molecule has 0 saturated carbocycles. The van der Waals surface area contributed by atoms with Crippen molar-refractivity contribution in [2.75, 3.05) is 24.9 Å². The zero-order chi connectivity index (χ0) is 27.7. The SMILES string of the molecule is CO/N=C(/C(=O)N[C@@H]1C(=O)N2C(C(=O)[O-])=C(C[n+]3cccc(-c4nc(SC)n[nH]4)c3)CS[C@H]12)c1csc(N)n1. The Labute approximate surface area is 233 Å². The highest BCUT2D eigenvalue weighted by Crippen LogP contribution is 2.40. The summed E-state index contributed by atoms with van der Waals surface area (Å²) < 4.78 is 1.80. The molecule has 0 spiro atoms. The van der Waals surface area contributed by atoms with Gasteiger partial charge in [-0.25, -0.2) is 14.5 Å². The number of pyridine rings is 1. The predicted octanol–water partition coefficient (Wildman–Crippen LogP) is -1.03. The Hall–Kier alpha value is -3.96. The Morgan fingerprint density at radius 3 is 2.92 bits per heavy atom. The number of carbonyl (C=O) groups excluding carboxylic acids is 3. The number of nitrogens with one attached hydrogen (secondary N) is 2. The van der Waals surface area contributed by atoms with Crippen LogP contribution in [0.2, 0.25) is 0 Å². The predicted molar refractivity (Wildman–Crippen MR) is 141 cm³/mol. The van der Waals surface area contributed by atoms with Gasteiger partial charge in [0.05, 0.1) is 17.2 Å². The van der Waals surface area contributed by atoms with Gasteiger partial charge in [-0.15, -0.1) is 28.2 Å². The van der Waals surface area contributed by atoms with Crippen LogP contribution in [-0.2, 0) is 25.8 Å². The number of carboxylic acid groups (broad SMARTS) is 1. The third-order valence-electron chi connectivity index (χ3n) is 5.84. The van der Waals surface area contributed by atoms with Crippen LogP contribution < -0.4 is 20.7 Å². The van der Waals surface area contributed by atoms with E-state index in [-0.39, 0.29) is 28.8 Å². The van der Waals surface area contributed by atoms with Gasteiger partial charge >= 0.3 is 0 Å². The first-order chi connectivity index (χ1) is 18.8. The van der Waals surface area contributed by atoms with E-state index < -0.39 is 29.2 Å². The molecular weight excluding hydrogens is 567 g/mol. The molecule has 3 aromatic rings. The zero-order valence-corrected chi connectivity index (χ0v) is 22.9. The van der Waals surface area contributed by atoms with Crippen LogP contribution in [-0.4, -0.2) is 79.1 Å². The lowest BCUT2D eigenvalue weighted by Crippen LogP contribution is -2.71. The average Bonchev–Trinajstić information content (AvgIpc) is 3.59. The molecule has 202 valence electrons. The smallest absolute Gasteiger partial charge is 0.276 e. The lowest BCUT2D eigenvalue weighted by Gasteiger charge is -2.50. The number of rotatable bonds is 9. The third kappa shape index (κ3) is 5.19. The Morgan fingerprint density at radius 2 is 2.26 bits per heavy atom. The van der Waals surface area contributed by atoms with Crippen molar-refractivity contribution in [2.45, 2.75) is 23.1 Å². The molecule has 2 amide bonds. The van der Waals surface area contributed by atoms with Crippen LogP contribution in [0.5, 0.6) is 0 Å². The van der Waals surface area contributed by atoms with Crippen molar-refractivity contribution in [3.8, 4) is 11.4 Å². The number of carbonyl (C=O) groups is 3. The highest BCUT2D eigenvalue weighted by molar-refractivity contribution is 8.00. The molecule has 5 rings (SSSR count). The Kier molecular flexibility index (Phi) is 7.53. The number of carboxylic acids is 1. The van der Waals surface area contributed by atoms with E-state index in [4.69, 9.17) is 10.6 Å². The molecule has 1 fully saturated rings. The van der Waals surface area contributed by atoms with Crippen molar-refractivity contribution in [2.24, 2.45) is 5.16 Å². The Bertz CT molecular complexity index is 1520. The molecule has 0 aromatic carbocycles. The number of β-lactam (4-membered cyclic amide) rings is 1. The largest absolute Gasteiger partial charge is 0.543 e. The second-order valence-electron chi connectivity index (χ2n) is 8.23. The number of oxime groups is 1. The van der Waals surface area contributed by atoms with Gasteiger partial charge in [0.15, 0.2) is 35.6 Å². The van der Waals surface area contributed by atoms with E-state index in [2.05, 4.69) is 30.6 Å². The van der Waals surface area contributed by atoms with Gasteiger partial charge < -0.3 is 25.8 Å². The van der Waals surface area contributed by atoms with E-state index in [0.717, 1.165) is 21.8 Å². The molecule has 17 heteroatoms. The summed E-state index contributed by atoms with van der Waals surface area (Å²) in [5.74, 6) is -1.85. The molecule has 2 aliphatic rings. The first-order valence-electron chi connectivity index (χ1n) is 11.3. The summed E-state index contributed by atoms with van der Waals surface area (Å²) >= 11 is 3.87. The summed E-state index contributed by atoms with van der Waals surface area (Å²) in [5.41, 5.74) is 6.77. The van der Waals surface area contributed by atoms with E-state index in [1.54, 1.807) is 10.8 Å². The van der Waals surface area contributed by atoms with Crippen molar-refractivity contribution >= 4 is 63.5 Å². The van der Waals surface area contributed by atoms with E-state index in [1.165, 1.54) is 36.0 Å². The number of amides is 2. The van der Waals surface area contributed by atoms with Gasteiger partial charge in [0.2, 0.25) is 5.16 Å². The molecule has 14 nitrogen and oxygen atoms in total. The summed E-state index contributed by atoms with van der Waals surface area (Å²) in [6.07, 6.45) is 5.47. The van der Waals surface area contributed by atoms with Crippen molar-refractivity contribution in [3.63, 3.8) is 0 Å². The second kappa shape index (κ2) is 11.0. The lowest BCUT2D eigenvalue weighted by atomic mass is 10.0. The maximum Gasteiger partial charge on any atom is 0.276 e. The molecule has 4 N–H and O–H groups in total. The Morgan fingerprint density at radius 1 is 1.44 bits per heavy atom. The van der Waals surface area contributed by atoms with Crippen LogP contribution >= 0.6 is 34.9 Å². The van der Waals surface area contributed by atoms with Crippen LogP contribution in [0.3, 0.4) is 0 Å². The topological polar surface area (TPSA) is 195 Å². The number of H-pyrrole nitrogens is 1. The number of aromatic amines is 1. The number of thiazole rings is 1. The van der Waals surface area contributed by atoms with Gasteiger partial charge in [-0.2, -0.15) is 0 Å². The number of nitrogens with zero attached hydrogens (tertiary/aromatic N) is 6. The van der Waals surface area contributed by atoms with E-state index >= 15 is 0 Å². The monoisotopic (exact) mass is 587 g/mol. The summed E-state index contributed by atoms with van der Waals surface area (Å²) in [4.78, 5) is 52.5. The van der Waals surface area contributed by atoms with Crippen molar-refractivity contribution in [3.05, 3.63) is 46.9 Å². The molecule has 39 heavy (non-hydrogen) atoms. The minimum absolute atomic E-state index is 0.151. The number of fused-ring (bicyclic) bond motifs is 1. The highest BCUT2D eigenvalue weighted by Gasteiger charge is 2.53. The van der Waals surface area contributed by atoms with Crippen molar-refractivity contribution in [1.82, 2.24) is 30.4 Å². The molecule has 5 heterocycles. The van der Waals surface area contributed by atoms with Crippen molar-refractivity contribution in [1.29, 1.82) is 0 Å². The first kappa shape index (κ1) is 26.6. The number of thioether (sulfide) groups is 2. The van der Waals surface area contributed by atoms with E-state index in [1.807, 2.05) is 24.6 Å². The zero-order valence-electron chi connectivity index (χ0n) is 20.5. The van der Waals surface area contributed by atoms with Gasteiger partial charge in [-0.1, -0.05) is 16.9 Å². The second-order valence-corrected chi connectivity index (χ2v) is 11.0. The normalized spacial score (nSPS) is 19.0. The highest BCUT2D eigenvalue weighted by atomic mass is 32.2. The fourth-order valence-electron chi connectivity index (χ4n) is 4.14. The Balaban J connectivity index is 1.34. The molecule has 1 saturated heterocycles. The fraction of sp³-hybridized carbons (Fsp3) is 0.273. The minimum atomic E-state index is -1.47. The van der Waals surface area contributed by atoms with Gasteiger partial charge in [0.1, 0.15) is 24.2 Å². The number of hydrogen-bond acceptors (Lipinski definition) is 13. The van der Waals surface area contributed by atoms with Crippen LogP contribution in [0.1, 0.15) is 5.69 Å². The number of aromatic nitrogens is 5. The number of anilines is 1. The maximum atomic E-state index is 13.1. The van der Waals surface area contributed by atoms with Crippen LogP contribution in [0.25, 0.3) is 11.4 Å². The van der Waals surface area contributed by atoms with E-state index in [9.17, 15) is 19.5 Å².